The van der Waals surface area contributed by atoms with E-state index < -0.39 is 11.4 Å². The van der Waals surface area contributed by atoms with Crippen LogP contribution in [0.15, 0.2) is 10.6 Å². The Kier molecular flexibility index (Phi) is 3.43. The number of carbonyl (C=O) groups excluding carboxylic acids is 1. The van der Waals surface area contributed by atoms with Crippen molar-refractivity contribution in [3.8, 4) is 0 Å². The predicted octanol–water partition coefficient (Wildman–Crippen LogP) is -0.544. The lowest BCUT2D eigenvalue weighted by atomic mass is 10.1. The zero-order valence-corrected chi connectivity index (χ0v) is 8.65. The van der Waals surface area contributed by atoms with Crippen LogP contribution in [0.2, 0.25) is 0 Å². The summed E-state index contributed by atoms with van der Waals surface area (Å²) in [6, 6.07) is 1.48. The van der Waals surface area contributed by atoms with Gasteiger partial charge in [-0.1, -0.05) is 5.16 Å². The van der Waals surface area contributed by atoms with E-state index in [9.17, 15) is 4.79 Å². The Hall–Kier alpha value is -1.40. The van der Waals surface area contributed by atoms with Crippen LogP contribution in [0.1, 0.15) is 23.2 Å². The van der Waals surface area contributed by atoms with Gasteiger partial charge in [0, 0.05) is 6.07 Å². The quantitative estimate of drug-likeness (QED) is 0.625. The highest BCUT2D eigenvalue weighted by atomic mass is 16.5. The lowest BCUT2D eigenvalue weighted by molar-refractivity contribution is 0.0716. The molecular weight excluding hydrogens is 200 g/mol. The number of hydrogen-bond donors (Lipinski definition) is 3. The second-order valence-corrected chi connectivity index (χ2v) is 3.65. The van der Waals surface area contributed by atoms with Gasteiger partial charge in [0.25, 0.3) is 5.91 Å². The van der Waals surface area contributed by atoms with Gasteiger partial charge in [-0.25, -0.2) is 0 Å². The van der Waals surface area contributed by atoms with Crippen molar-refractivity contribution >= 4 is 5.91 Å². The minimum absolute atomic E-state index is 0.126. The van der Waals surface area contributed by atoms with Crippen molar-refractivity contribution in [1.29, 1.82) is 0 Å². The van der Waals surface area contributed by atoms with Crippen LogP contribution in [0, 0.1) is 6.92 Å². The Labute approximate surface area is 86.9 Å². The molecule has 84 valence electrons. The molecule has 0 bridgehead atoms. The van der Waals surface area contributed by atoms with Crippen LogP contribution in [-0.2, 0) is 0 Å². The number of amides is 1. The summed E-state index contributed by atoms with van der Waals surface area (Å²) in [6.07, 6.45) is 0. The zero-order chi connectivity index (χ0) is 11.5. The van der Waals surface area contributed by atoms with Gasteiger partial charge in [-0.05, 0) is 13.8 Å². The van der Waals surface area contributed by atoms with E-state index in [0.717, 1.165) is 0 Å². The number of aryl methyl sites for hydroxylation is 1. The molecule has 0 fully saturated rings. The van der Waals surface area contributed by atoms with Crippen molar-refractivity contribution in [2.24, 2.45) is 0 Å². The predicted molar refractivity (Wildman–Crippen MR) is 51.3 cm³/mol. The maximum absolute atomic E-state index is 11.5. The van der Waals surface area contributed by atoms with E-state index in [0.29, 0.717) is 5.76 Å². The monoisotopic (exact) mass is 214 g/mol. The van der Waals surface area contributed by atoms with Gasteiger partial charge in [0.1, 0.15) is 5.76 Å². The molecule has 0 aromatic carbocycles. The fraction of sp³-hybridized carbons (Fsp3) is 0.556. The van der Waals surface area contributed by atoms with Gasteiger partial charge in [-0.3, -0.25) is 4.79 Å². The first kappa shape index (κ1) is 11.7. The third-order valence-electron chi connectivity index (χ3n) is 1.97. The minimum Gasteiger partial charge on any atom is -0.394 e. The van der Waals surface area contributed by atoms with Crippen LogP contribution >= 0.6 is 0 Å². The molecule has 0 saturated carbocycles. The Balaban J connectivity index is 2.71. The molecule has 1 aromatic heterocycles. The summed E-state index contributed by atoms with van der Waals surface area (Å²) in [4.78, 5) is 11.5. The Morgan fingerprint density at radius 1 is 1.60 bits per heavy atom. The summed E-state index contributed by atoms with van der Waals surface area (Å²) < 4.78 is 4.73. The van der Waals surface area contributed by atoms with Crippen molar-refractivity contribution < 1.29 is 19.5 Å². The highest BCUT2D eigenvalue weighted by Gasteiger charge is 2.26. The molecule has 3 N–H and O–H groups in total. The van der Waals surface area contributed by atoms with Crippen LogP contribution in [-0.4, -0.2) is 40.0 Å². The van der Waals surface area contributed by atoms with Gasteiger partial charge in [-0.15, -0.1) is 0 Å². The van der Waals surface area contributed by atoms with Crippen LogP contribution in [0.5, 0.6) is 0 Å². The Morgan fingerprint density at radius 3 is 2.60 bits per heavy atom. The maximum Gasteiger partial charge on any atom is 0.274 e. The molecule has 0 aliphatic carbocycles. The second kappa shape index (κ2) is 4.41. The molecule has 0 spiro atoms. The third kappa shape index (κ3) is 2.77. The largest absolute Gasteiger partial charge is 0.394 e. The lowest BCUT2D eigenvalue weighted by Crippen LogP contribution is -2.51. The van der Waals surface area contributed by atoms with E-state index in [4.69, 9.17) is 14.7 Å². The average molecular weight is 214 g/mol. The van der Waals surface area contributed by atoms with Gasteiger partial charge in [0.15, 0.2) is 5.69 Å². The summed E-state index contributed by atoms with van der Waals surface area (Å²) in [5.74, 6) is 0.0345. The number of aliphatic hydroxyl groups excluding tert-OH is 2. The van der Waals surface area contributed by atoms with E-state index in [1.54, 1.807) is 6.92 Å². The fourth-order valence-corrected chi connectivity index (χ4v) is 0.941. The van der Waals surface area contributed by atoms with E-state index in [1.807, 2.05) is 0 Å². The van der Waals surface area contributed by atoms with Crippen LogP contribution in [0.25, 0.3) is 0 Å². The highest BCUT2D eigenvalue weighted by Crippen LogP contribution is 2.05. The first-order chi connectivity index (χ1) is 7.00. The average Bonchev–Trinajstić information content (AvgIpc) is 2.65. The molecule has 0 atom stereocenters. The zero-order valence-electron chi connectivity index (χ0n) is 8.65. The van der Waals surface area contributed by atoms with Crippen LogP contribution in [0.3, 0.4) is 0 Å². The molecular formula is C9H14N2O4. The van der Waals surface area contributed by atoms with Crippen molar-refractivity contribution in [1.82, 2.24) is 10.5 Å². The topological polar surface area (TPSA) is 95.6 Å². The smallest absolute Gasteiger partial charge is 0.274 e. The fourth-order valence-electron chi connectivity index (χ4n) is 0.941. The molecule has 0 saturated heterocycles. The van der Waals surface area contributed by atoms with Crippen molar-refractivity contribution in [2.75, 3.05) is 13.2 Å². The summed E-state index contributed by atoms with van der Waals surface area (Å²) >= 11 is 0. The molecule has 1 heterocycles. The van der Waals surface area contributed by atoms with E-state index >= 15 is 0 Å². The van der Waals surface area contributed by atoms with E-state index in [1.165, 1.54) is 13.0 Å². The van der Waals surface area contributed by atoms with Gasteiger partial charge >= 0.3 is 0 Å². The normalized spacial score (nSPS) is 11.5. The third-order valence-corrected chi connectivity index (χ3v) is 1.97. The van der Waals surface area contributed by atoms with Crippen molar-refractivity contribution in [3.63, 3.8) is 0 Å². The molecule has 0 unspecified atom stereocenters. The van der Waals surface area contributed by atoms with Gasteiger partial charge in [0.05, 0.1) is 18.8 Å². The number of nitrogens with zero attached hydrogens (tertiary/aromatic N) is 1. The summed E-state index contributed by atoms with van der Waals surface area (Å²) in [5.41, 5.74) is -0.926. The first-order valence-electron chi connectivity index (χ1n) is 4.48. The number of nitrogens with one attached hydrogen (secondary N) is 1. The number of rotatable bonds is 4. The molecule has 1 amide bonds. The Morgan fingerprint density at radius 2 is 2.20 bits per heavy atom. The van der Waals surface area contributed by atoms with Crippen LogP contribution in [0.4, 0.5) is 0 Å². The second-order valence-electron chi connectivity index (χ2n) is 3.65. The molecule has 1 rings (SSSR count). The number of hydrogen-bond acceptors (Lipinski definition) is 5. The molecule has 0 aliphatic heterocycles. The van der Waals surface area contributed by atoms with Crippen molar-refractivity contribution in [3.05, 3.63) is 17.5 Å². The molecule has 6 nitrogen and oxygen atoms in total. The summed E-state index contributed by atoms with van der Waals surface area (Å²) in [6.45, 7) is 2.48. The van der Waals surface area contributed by atoms with Gasteiger partial charge in [0.2, 0.25) is 0 Å². The number of aromatic nitrogens is 1. The molecule has 1 aromatic rings. The lowest BCUT2D eigenvalue weighted by Gasteiger charge is -2.25. The standard InChI is InChI=1S/C9H14N2O4/c1-6-3-7(11-15-6)8(14)10-9(2,4-12)5-13/h3,12-13H,4-5H2,1-2H3,(H,10,14). The summed E-state index contributed by atoms with van der Waals surface area (Å²) in [5, 5.41) is 23.9. The van der Waals surface area contributed by atoms with Crippen LogP contribution < -0.4 is 5.32 Å². The maximum atomic E-state index is 11.5. The molecule has 6 heteroatoms. The van der Waals surface area contributed by atoms with Gasteiger partial charge in [-0.2, -0.15) is 0 Å². The molecule has 15 heavy (non-hydrogen) atoms. The number of aliphatic hydroxyl groups is 2. The van der Waals surface area contributed by atoms with Gasteiger partial charge < -0.3 is 20.1 Å². The SMILES string of the molecule is Cc1cc(C(=O)NC(C)(CO)CO)no1. The molecule has 0 radical (unpaired) electrons. The Bertz CT molecular complexity index is 344. The van der Waals surface area contributed by atoms with E-state index in [2.05, 4.69) is 10.5 Å². The first-order valence-corrected chi connectivity index (χ1v) is 4.48. The number of carbonyl (C=O) groups is 1. The minimum atomic E-state index is -1.05. The van der Waals surface area contributed by atoms with Crippen molar-refractivity contribution in [2.45, 2.75) is 19.4 Å². The highest BCUT2D eigenvalue weighted by molar-refractivity contribution is 5.92. The molecule has 0 aliphatic rings. The van der Waals surface area contributed by atoms with E-state index in [-0.39, 0.29) is 18.9 Å². The summed E-state index contributed by atoms with van der Waals surface area (Å²) in [7, 11) is 0.